The molecule has 4 rings (SSSR count). The predicted octanol–water partition coefficient (Wildman–Crippen LogP) is 4.03. The first-order valence-corrected chi connectivity index (χ1v) is 10.1. The molecule has 150 valence electrons. The van der Waals surface area contributed by atoms with Gasteiger partial charge >= 0.3 is 6.09 Å². The molecular formula is C21H28N4O3. The van der Waals surface area contributed by atoms with E-state index in [9.17, 15) is 9.59 Å². The molecule has 28 heavy (non-hydrogen) atoms. The van der Waals surface area contributed by atoms with E-state index in [1.165, 1.54) is 19.3 Å². The quantitative estimate of drug-likeness (QED) is 0.836. The van der Waals surface area contributed by atoms with Crippen LogP contribution in [0.1, 0.15) is 58.2 Å². The van der Waals surface area contributed by atoms with Crippen molar-refractivity contribution in [1.82, 2.24) is 14.9 Å². The Kier molecular flexibility index (Phi) is 4.77. The van der Waals surface area contributed by atoms with Gasteiger partial charge in [0.1, 0.15) is 11.4 Å². The van der Waals surface area contributed by atoms with Crippen molar-refractivity contribution in [1.29, 1.82) is 0 Å². The van der Waals surface area contributed by atoms with Crippen LogP contribution in [0.15, 0.2) is 18.2 Å². The van der Waals surface area contributed by atoms with Gasteiger partial charge in [0.15, 0.2) is 0 Å². The number of imidazole rings is 1. The van der Waals surface area contributed by atoms with Gasteiger partial charge in [0.05, 0.1) is 17.0 Å². The van der Waals surface area contributed by atoms with Gasteiger partial charge in [-0.15, -0.1) is 0 Å². The molecule has 7 heteroatoms. The Labute approximate surface area is 164 Å². The average molecular weight is 384 g/mol. The van der Waals surface area contributed by atoms with Crippen LogP contribution >= 0.6 is 0 Å². The summed E-state index contributed by atoms with van der Waals surface area (Å²) in [7, 11) is 0. The Bertz CT molecular complexity index is 895. The van der Waals surface area contributed by atoms with E-state index in [-0.39, 0.29) is 17.9 Å². The van der Waals surface area contributed by atoms with Crippen molar-refractivity contribution in [2.24, 2.45) is 5.92 Å². The fourth-order valence-electron chi connectivity index (χ4n) is 3.69. The first-order chi connectivity index (χ1) is 13.3. The third-order valence-corrected chi connectivity index (χ3v) is 5.47. The number of aromatic nitrogens is 2. The summed E-state index contributed by atoms with van der Waals surface area (Å²) in [6.07, 6.45) is 3.94. The van der Waals surface area contributed by atoms with Crippen LogP contribution < -0.4 is 5.32 Å². The molecule has 1 saturated heterocycles. The Morgan fingerprint density at radius 1 is 1.25 bits per heavy atom. The lowest BCUT2D eigenvalue weighted by Gasteiger charge is -2.24. The molecule has 1 aromatic heterocycles. The first-order valence-electron chi connectivity index (χ1n) is 10.1. The molecule has 1 aromatic carbocycles. The van der Waals surface area contributed by atoms with Gasteiger partial charge in [-0.25, -0.2) is 9.78 Å². The Balaban J connectivity index is 1.37. The number of hydrogen-bond donors (Lipinski definition) is 2. The van der Waals surface area contributed by atoms with Crippen molar-refractivity contribution in [3.8, 4) is 0 Å². The van der Waals surface area contributed by atoms with Crippen molar-refractivity contribution in [2.45, 2.75) is 58.0 Å². The van der Waals surface area contributed by atoms with Crippen LogP contribution in [0.4, 0.5) is 10.5 Å². The first kappa shape index (κ1) is 18.8. The molecule has 1 aliphatic carbocycles. The van der Waals surface area contributed by atoms with Crippen molar-refractivity contribution in [3.05, 3.63) is 24.0 Å². The molecule has 1 atom stereocenters. The summed E-state index contributed by atoms with van der Waals surface area (Å²) in [6.45, 7) is 6.45. The summed E-state index contributed by atoms with van der Waals surface area (Å²) < 4.78 is 5.40. The van der Waals surface area contributed by atoms with Crippen molar-refractivity contribution in [2.75, 3.05) is 18.4 Å². The molecule has 2 fully saturated rings. The van der Waals surface area contributed by atoms with E-state index < -0.39 is 5.60 Å². The summed E-state index contributed by atoms with van der Waals surface area (Å²) >= 11 is 0. The summed E-state index contributed by atoms with van der Waals surface area (Å²) in [6, 6.07) is 5.75. The Hall–Kier alpha value is -2.57. The number of rotatable bonds is 3. The average Bonchev–Trinajstić information content (AvgIpc) is 3.17. The molecule has 7 nitrogen and oxygen atoms in total. The molecule has 2 heterocycles. The molecular weight excluding hydrogens is 356 g/mol. The minimum Gasteiger partial charge on any atom is -0.444 e. The lowest BCUT2D eigenvalue weighted by atomic mass is 9.85. The third kappa shape index (κ3) is 3.98. The van der Waals surface area contributed by atoms with E-state index >= 15 is 0 Å². The maximum absolute atomic E-state index is 12.7. The van der Waals surface area contributed by atoms with Crippen LogP contribution in [-0.4, -0.2) is 45.6 Å². The maximum atomic E-state index is 12.7. The van der Waals surface area contributed by atoms with Gasteiger partial charge in [-0.3, -0.25) is 4.79 Å². The molecule has 1 saturated carbocycles. The summed E-state index contributed by atoms with van der Waals surface area (Å²) in [5.41, 5.74) is 2.09. The second kappa shape index (κ2) is 7.11. The standard InChI is InChI=1S/C21H28N4O3/c1-21(2,3)28-20(27)25-10-9-14(12-25)19(26)22-15-7-8-16-17(11-15)24-18(23-16)13-5-4-6-13/h7-8,11,13-14H,4-6,9-10,12H2,1-3H3,(H,22,26)(H,23,24). The largest absolute Gasteiger partial charge is 0.444 e. The van der Waals surface area contributed by atoms with Gasteiger partial charge in [-0.1, -0.05) is 6.42 Å². The van der Waals surface area contributed by atoms with Crippen LogP contribution in [0.25, 0.3) is 11.0 Å². The smallest absolute Gasteiger partial charge is 0.410 e. The van der Waals surface area contributed by atoms with Gasteiger partial charge in [0.2, 0.25) is 5.91 Å². The minimum absolute atomic E-state index is 0.0656. The van der Waals surface area contributed by atoms with Crippen LogP contribution in [-0.2, 0) is 9.53 Å². The second-order valence-corrected chi connectivity index (χ2v) is 8.88. The molecule has 1 unspecified atom stereocenters. The number of benzene rings is 1. The molecule has 2 aromatic rings. The SMILES string of the molecule is CC(C)(C)OC(=O)N1CCC(C(=O)Nc2ccc3nc(C4CCC4)[nH]c3c2)C1. The number of fused-ring (bicyclic) bond motifs is 1. The minimum atomic E-state index is -0.532. The molecule has 2 N–H and O–H groups in total. The number of H-pyrrole nitrogens is 1. The topological polar surface area (TPSA) is 87.3 Å². The van der Waals surface area contributed by atoms with Gasteiger partial charge in [-0.2, -0.15) is 0 Å². The molecule has 2 amide bonds. The fourth-order valence-corrected chi connectivity index (χ4v) is 3.69. The zero-order chi connectivity index (χ0) is 19.9. The molecule has 0 bridgehead atoms. The highest BCUT2D eigenvalue weighted by Crippen LogP contribution is 2.35. The molecule has 0 spiro atoms. The zero-order valence-electron chi connectivity index (χ0n) is 16.7. The van der Waals surface area contributed by atoms with E-state index in [1.807, 2.05) is 39.0 Å². The number of carbonyl (C=O) groups is 2. The summed E-state index contributed by atoms with van der Waals surface area (Å²) in [5, 5.41) is 2.98. The molecule has 0 radical (unpaired) electrons. The van der Waals surface area contributed by atoms with Gasteiger partial charge in [0.25, 0.3) is 0 Å². The van der Waals surface area contributed by atoms with E-state index in [2.05, 4.69) is 15.3 Å². The third-order valence-electron chi connectivity index (χ3n) is 5.47. The molecule has 1 aliphatic heterocycles. The van der Waals surface area contributed by atoms with Crippen LogP contribution in [0.5, 0.6) is 0 Å². The van der Waals surface area contributed by atoms with Crippen molar-refractivity contribution >= 4 is 28.7 Å². The van der Waals surface area contributed by atoms with Gasteiger partial charge < -0.3 is 19.9 Å². The van der Waals surface area contributed by atoms with E-state index in [0.717, 1.165) is 22.5 Å². The highest BCUT2D eigenvalue weighted by molar-refractivity contribution is 5.95. The number of likely N-dealkylation sites (tertiary alicyclic amines) is 1. The number of carbonyl (C=O) groups excluding carboxylic acids is 2. The number of aromatic amines is 1. The Morgan fingerprint density at radius 2 is 2.04 bits per heavy atom. The van der Waals surface area contributed by atoms with E-state index in [1.54, 1.807) is 4.90 Å². The Morgan fingerprint density at radius 3 is 2.71 bits per heavy atom. The predicted molar refractivity (Wildman–Crippen MR) is 107 cm³/mol. The second-order valence-electron chi connectivity index (χ2n) is 8.88. The number of ether oxygens (including phenoxy) is 1. The summed E-state index contributed by atoms with van der Waals surface area (Å²) in [5.74, 6) is 1.30. The fraction of sp³-hybridized carbons (Fsp3) is 0.571. The highest BCUT2D eigenvalue weighted by Gasteiger charge is 2.33. The number of anilines is 1. The summed E-state index contributed by atoms with van der Waals surface area (Å²) in [4.78, 5) is 34.5. The van der Waals surface area contributed by atoms with Crippen LogP contribution in [0.3, 0.4) is 0 Å². The monoisotopic (exact) mass is 384 g/mol. The van der Waals surface area contributed by atoms with Crippen LogP contribution in [0.2, 0.25) is 0 Å². The lowest BCUT2D eigenvalue weighted by Crippen LogP contribution is -2.36. The highest BCUT2D eigenvalue weighted by atomic mass is 16.6. The van der Waals surface area contributed by atoms with Crippen molar-refractivity contribution < 1.29 is 14.3 Å². The lowest BCUT2D eigenvalue weighted by molar-refractivity contribution is -0.119. The number of hydrogen-bond acceptors (Lipinski definition) is 4. The number of amides is 2. The zero-order valence-corrected chi connectivity index (χ0v) is 16.7. The van der Waals surface area contributed by atoms with Gasteiger partial charge in [-0.05, 0) is 58.2 Å². The maximum Gasteiger partial charge on any atom is 0.410 e. The normalized spacial score (nSPS) is 20.2. The van der Waals surface area contributed by atoms with Crippen molar-refractivity contribution in [3.63, 3.8) is 0 Å². The van der Waals surface area contributed by atoms with Crippen LogP contribution in [0, 0.1) is 5.92 Å². The van der Waals surface area contributed by atoms with Gasteiger partial charge in [0, 0.05) is 24.7 Å². The van der Waals surface area contributed by atoms with E-state index in [0.29, 0.717) is 25.4 Å². The number of nitrogens with zero attached hydrogens (tertiary/aromatic N) is 2. The van der Waals surface area contributed by atoms with E-state index in [4.69, 9.17) is 4.74 Å². The number of nitrogens with one attached hydrogen (secondary N) is 2. The molecule has 2 aliphatic rings.